The standard InChI is InChI=1S/C32H31F2NO4/c1-20(2)16-29(26-9-5-7-22-6-3-4-8-25(22)26)35-32(38)27-17-21(10-11-23(27)12-15-31(36)37)19-39-30-18-24(33)13-14-28(30)34/h3-11,13-14,17-18,20,29H,12,15-16,19H2,1-2H3,(H,35,38)(H,36,37). The van der Waals surface area contributed by atoms with Crippen LogP contribution in [-0.4, -0.2) is 17.0 Å². The molecule has 0 fully saturated rings. The van der Waals surface area contributed by atoms with Crippen LogP contribution in [-0.2, 0) is 17.8 Å². The average Bonchev–Trinajstić information content (AvgIpc) is 2.91. The first-order chi connectivity index (χ1) is 18.7. The van der Waals surface area contributed by atoms with E-state index in [1.165, 1.54) is 0 Å². The summed E-state index contributed by atoms with van der Waals surface area (Å²) in [5.74, 6) is -2.57. The number of hydrogen-bond donors (Lipinski definition) is 2. The quantitative estimate of drug-likeness (QED) is 0.214. The number of carbonyl (C=O) groups is 2. The van der Waals surface area contributed by atoms with Crippen LogP contribution >= 0.6 is 0 Å². The first-order valence-corrected chi connectivity index (χ1v) is 12.9. The molecule has 1 amide bonds. The molecule has 0 bridgehead atoms. The molecule has 4 aromatic carbocycles. The Bertz CT molecular complexity index is 1480. The topological polar surface area (TPSA) is 75.6 Å². The number of benzene rings is 4. The number of aryl methyl sites for hydroxylation is 1. The van der Waals surface area contributed by atoms with E-state index in [2.05, 4.69) is 19.2 Å². The van der Waals surface area contributed by atoms with E-state index in [0.29, 0.717) is 29.0 Å². The van der Waals surface area contributed by atoms with Crippen LogP contribution in [0, 0.1) is 17.6 Å². The largest absolute Gasteiger partial charge is 0.486 e. The van der Waals surface area contributed by atoms with Crippen LogP contribution in [0.15, 0.2) is 78.9 Å². The first kappa shape index (κ1) is 27.8. The van der Waals surface area contributed by atoms with Crippen molar-refractivity contribution in [3.63, 3.8) is 0 Å². The molecule has 1 unspecified atom stereocenters. The van der Waals surface area contributed by atoms with Crippen molar-refractivity contribution >= 4 is 22.6 Å². The lowest BCUT2D eigenvalue weighted by atomic mass is 9.92. The van der Waals surface area contributed by atoms with Gasteiger partial charge in [0, 0.05) is 18.1 Å². The van der Waals surface area contributed by atoms with Crippen molar-refractivity contribution in [2.45, 2.75) is 45.8 Å². The van der Waals surface area contributed by atoms with Gasteiger partial charge in [0.05, 0.1) is 6.04 Å². The Morgan fingerprint density at radius 2 is 1.72 bits per heavy atom. The Labute approximate surface area is 226 Å². The maximum atomic E-state index is 14.0. The van der Waals surface area contributed by atoms with Crippen molar-refractivity contribution in [2.75, 3.05) is 0 Å². The third kappa shape index (κ3) is 7.19. The van der Waals surface area contributed by atoms with E-state index in [-0.39, 0.29) is 37.1 Å². The summed E-state index contributed by atoms with van der Waals surface area (Å²) in [6, 6.07) is 21.7. The lowest BCUT2D eigenvalue weighted by molar-refractivity contribution is -0.136. The average molecular weight is 532 g/mol. The number of carboxylic acids is 1. The molecule has 4 rings (SSSR count). The summed E-state index contributed by atoms with van der Waals surface area (Å²) in [6.45, 7) is 4.08. The van der Waals surface area contributed by atoms with Gasteiger partial charge in [0.15, 0.2) is 11.6 Å². The minimum atomic E-state index is -0.969. The third-order valence-electron chi connectivity index (χ3n) is 6.53. The molecule has 0 aliphatic rings. The zero-order valence-corrected chi connectivity index (χ0v) is 21.9. The molecular formula is C32H31F2NO4. The fourth-order valence-electron chi connectivity index (χ4n) is 4.66. The van der Waals surface area contributed by atoms with E-state index in [9.17, 15) is 23.5 Å². The smallest absolute Gasteiger partial charge is 0.303 e. The molecule has 0 heterocycles. The number of aliphatic carboxylic acids is 1. The van der Waals surface area contributed by atoms with Gasteiger partial charge in [0.25, 0.3) is 5.91 Å². The Morgan fingerprint density at radius 3 is 2.49 bits per heavy atom. The van der Waals surface area contributed by atoms with E-state index in [4.69, 9.17) is 4.74 Å². The second-order valence-corrected chi connectivity index (χ2v) is 9.97. The zero-order valence-electron chi connectivity index (χ0n) is 21.9. The van der Waals surface area contributed by atoms with Gasteiger partial charge < -0.3 is 15.2 Å². The summed E-state index contributed by atoms with van der Waals surface area (Å²) < 4.78 is 33.1. The maximum Gasteiger partial charge on any atom is 0.303 e. The Hall–Kier alpha value is -4.26. The molecule has 39 heavy (non-hydrogen) atoms. The van der Waals surface area contributed by atoms with Gasteiger partial charge >= 0.3 is 5.97 Å². The van der Waals surface area contributed by atoms with Gasteiger partial charge in [-0.25, -0.2) is 8.78 Å². The highest BCUT2D eigenvalue weighted by atomic mass is 19.1. The minimum Gasteiger partial charge on any atom is -0.486 e. The van der Waals surface area contributed by atoms with Crippen molar-refractivity contribution < 1.29 is 28.2 Å². The number of nitrogens with one attached hydrogen (secondary N) is 1. The lowest BCUT2D eigenvalue weighted by Gasteiger charge is -2.24. The van der Waals surface area contributed by atoms with Crippen LogP contribution < -0.4 is 10.1 Å². The number of halogens is 2. The summed E-state index contributed by atoms with van der Waals surface area (Å²) in [6.07, 6.45) is 0.732. The zero-order chi connectivity index (χ0) is 27.9. The molecule has 5 nitrogen and oxygen atoms in total. The van der Waals surface area contributed by atoms with Crippen molar-refractivity contribution in [2.24, 2.45) is 5.92 Å². The van der Waals surface area contributed by atoms with E-state index in [1.54, 1.807) is 18.2 Å². The van der Waals surface area contributed by atoms with E-state index in [0.717, 1.165) is 34.5 Å². The van der Waals surface area contributed by atoms with Gasteiger partial charge in [-0.05, 0) is 64.4 Å². The molecule has 0 radical (unpaired) electrons. The van der Waals surface area contributed by atoms with Crippen LogP contribution in [0.25, 0.3) is 10.8 Å². The van der Waals surface area contributed by atoms with Gasteiger partial charge in [-0.1, -0.05) is 68.4 Å². The van der Waals surface area contributed by atoms with Crippen LogP contribution in [0.5, 0.6) is 5.75 Å². The molecule has 1 atom stereocenters. The van der Waals surface area contributed by atoms with Crippen LogP contribution in [0.3, 0.4) is 0 Å². The van der Waals surface area contributed by atoms with Gasteiger partial charge in [-0.3, -0.25) is 9.59 Å². The van der Waals surface area contributed by atoms with Gasteiger partial charge in [0.2, 0.25) is 0 Å². The Morgan fingerprint density at radius 1 is 0.949 bits per heavy atom. The van der Waals surface area contributed by atoms with Crippen LogP contribution in [0.4, 0.5) is 8.78 Å². The normalized spacial score (nSPS) is 11.9. The summed E-state index contributed by atoms with van der Waals surface area (Å²) in [5, 5.41) is 14.5. The van der Waals surface area contributed by atoms with Gasteiger partial charge in [0.1, 0.15) is 12.4 Å². The Balaban J connectivity index is 1.64. The second-order valence-electron chi connectivity index (χ2n) is 9.97. The summed E-state index contributed by atoms with van der Waals surface area (Å²) in [4.78, 5) is 25.0. The molecule has 2 N–H and O–H groups in total. The number of ether oxygens (including phenoxy) is 1. The highest BCUT2D eigenvalue weighted by Gasteiger charge is 2.21. The third-order valence-corrected chi connectivity index (χ3v) is 6.53. The highest BCUT2D eigenvalue weighted by Crippen LogP contribution is 2.29. The first-order valence-electron chi connectivity index (χ1n) is 12.9. The highest BCUT2D eigenvalue weighted by molar-refractivity contribution is 5.97. The van der Waals surface area contributed by atoms with E-state index >= 15 is 0 Å². The summed E-state index contributed by atoms with van der Waals surface area (Å²) >= 11 is 0. The van der Waals surface area contributed by atoms with E-state index < -0.39 is 17.6 Å². The molecule has 4 aromatic rings. The van der Waals surface area contributed by atoms with E-state index in [1.807, 2.05) is 42.5 Å². The monoisotopic (exact) mass is 531 g/mol. The molecular weight excluding hydrogens is 500 g/mol. The van der Waals surface area contributed by atoms with Crippen molar-refractivity contribution in [3.05, 3.63) is 113 Å². The van der Waals surface area contributed by atoms with Crippen molar-refractivity contribution in [1.82, 2.24) is 5.32 Å². The number of carboxylic acid groups (broad SMARTS) is 1. The van der Waals surface area contributed by atoms with Gasteiger partial charge in [-0.15, -0.1) is 0 Å². The molecule has 0 aromatic heterocycles. The fraction of sp³-hybridized carbons (Fsp3) is 0.250. The number of hydrogen-bond acceptors (Lipinski definition) is 3. The number of carbonyl (C=O) groups excluding carboxylic acids is 1. The lowest BCUT2D eigenvalue weighted by Crippen LogP contribution is -2.30. The second kappa shape index (κ2) is 12.5. The Kier molecular flexibility index (Phi) is 8.92. The molecule has 0 saturated heterocycles. The minimum absolute atomic E-state index is 0.0986. The number of amides is 1. The van der Waals surface area contributed by atoms with Crippen molar-refractivity contribution in [3.8, 4) is 5.75 Å². The molecule has 7 heteroatoms. The fourth-order valence-corrected chi connectivity index (χ4v) is 4.66. The SMILES string of the molecule is CC(C)CC(NC(=O)c1cc(COc2cc(F)ccc2F)ccc1CCC(=O)O)c1cccc2ccccc12. The molecule has 0 spiro atoms. The number of fused-ring (bicyclic) bond motifs is 1. The van der Waals surface area contributed by atoms with Crippen molar-refractivity contribution in [1.29, 1.82) is 0 Å². The summed E-state index contributed by atoms with van der Waals surface area (Å²) in [5.41, 5.74) is 2.47. The molecule has 202 valence electrons. The predicted molar refractivity (Wildman–Crippen MR) is 147 cm³/mol. The summed E-state index contributed by atoms with van der Waals surface area (Å²) in [7, 11) is 0. The molecule has 0 saturated carbocycles. The predicted octanol–water partition coefficient (Wildman–Crippen LogP) is 7.23. The molecule has 0 aliphatic heterocycles. The van der Waals surface area contributed by atoms with Gasteiger partial charge in [-0.2, -0.15) is 0 Å². The number of rotatable bonds is 11. The van der Waals surface area contributed by atoms with Crippen LogP contribution in [0.2, 0.25) is 0 Å². The maximum absolute atomic E-state index is 14.0. The molecule has 0 aliphatic carbocycles. The van der Waals surface area contributed by atoms with Crippen LogP contribution in [0.1, 0.15) is 59.8 Å².